The predicted molar refractivity (Wildman–Crippen MR) is 110 cm³/mol. The van der Waals surface area contributed by atoms with Crippen molar-refractivity contribution in [3.8, 4) is 0 Å². The fourth-order valence-electron chi connectivity index (χ4n) is 2.00. The quantitative estimate of drug-likeness (QED) is 0.368. The minimum atomic E-state index is -0.793. The number of thiol groups is 4. The van der Waals surface area contributed by atoms with E-state index >= 15 is 0 Å². The van der Waals surface area contributed by atoms with Crippen molar-refractivity contribution < 1.29 is 19.8 Å². The van der Waals surface area contributed by atoms with Gasteiger partial charge in [0.1, 0.15) is 0 Å². The second-order valence-electron chi connectivity index (χ2n) is 4.96. The SMILES string of the molecule is O=C(O)C1CCC(C(=O)O)CC1.Sc1nnc(S)s1.Sc1nnc(S)s1. The zero-order valence-corrected chi connectivity index (χ0v) is 18.3. The summed E-state index contributed by atoms with van der Waals surface area (Å²) >= 11 is 18.3. The van der Waals surface area contributed by atoms with Gasteiger partial charge in [0.25, 0.3) is 0 Å². The molecule has 0 bridgehead atoms. The van der Waals surface area contributed by atoms with Crippen LogP contribution < -0.4 is 0 Å². The number of rotatable bonds is 2. The summed E-state index contributed by atoms with van der Waals surface area (Å²) in [7, 11) is 0. The maximum atomic E-state index is 10.5. The van der Waals surface area contributed by atoms with Gasteiger partial charge in [-0.25, -0.2) is 0 Å². The van der Waals surface area contributed by atoms with Crippen LogP contribution in [0.2, 0.25) is 0 Å². The third-order valence-electron chi connectivity index (χ3n) is 3.23. The lowest BCUT2D eigenvalue weighted by atomic mass is 9.82. The summed E-state index contributed by atoms with van der Waals surface area (Å²) in [5, 5.41) is 31.5. The Morgan fingerprint density at radius 3 is 1.04 bits per heavy atom. The number of aromatic nitrogens is 4. The molecule has 1 aliphatic rings. The number of carboxylic acid groups (broad SMARTS) is 2. The molecule has 0 amide bonds. The highest BCUT2D eigenvalue weighted by atomic mass is 32.2. The minimum Gasteiger partial charge on any atom is -0.481 e. The first kappa shape index (κ1) is 23.5. The summed E-state index contributed by atoms with van der Waals surface area (Å²) in [6.07, 6.45) is 2.03. The van der Waals surface area contributed by atoms with E-state index in [1.807, 2.05) is 0 Å². The Morgan fingerprint density at radius 2 is 0.923 bits per heavy atom. The van der Waals surface area contributed by atoms with Gasteiger partial charge in [0.15, 0.2) is 17.4 Å². The Hall–Kier alpha value is -0.540. The topological polar surface area (TPSA) is 126 Å². The normalized spacial score (nSPS) is 18.8. The highest BCUT2D eigenvalue weighted by Gasteiger charge is 2.29. The first-order valence-electron chi connectivity index (χ1n) is 7.07. The molecule has 0 spiro atoms. The number of nitrogens with zero attached hydrogens (tertiary/aromatic N) is 4. The molecule has 2 N–H and O–H groups in total. The molecule has 144 valence electrons. The Balaban J connectivity index is 0.000000207. The molecule has 3 rings (SSSR count). The molecule has 2 aromatic rings. The Labute approximate surface area is 179 Å². The van der Waals surface area contributed by atoms with Crippen LogP contribution in [-0.4, -0.2) is 42.5 Å². The molecule has 0 aromatic carbocycles. The summed E-state index contributed by atoms with van der Waals surface area (Å²) in [6, 6.07) is 0. The lowest BCUT2D eigenvalue weighted by molar-refractivity contribution is -0.148. The molecule has 2 aromatic heterocycles. The maximum absolute atomic E-state index is 10.5. The van der Waals surface area contributed by atoms with Gasteiger partial charge < -0.3 is 10.2 Å². The third kappa shape index (κ3) is 9.41. The van der Waals surface area contributed by atoms with Crippen LogP contribution in [0.25, 0.3) is 0 Å². The van der Waals surface area contributed by atoms with Gasteiger partial charge in [0.2, 0.25) is 0 Å². The van der Waals surface area contributed by atoms with Crippen molar-refractivity contribution >= 4 is 85.1 Å². The van der Waals surface area contributed by atoms with Crippen molar-refractivity contribution in [3.05, 3.63) is 0 Å². The predicted octanol–water partition coefficient (Wildman–Crippen LogP) is 3.19. The van der Waals surface area contributed by atoms with Crippen LogP contribution in [0.15, 0.2) is 17.4 Å². The van der Waals surface area contributed by atoms with Crippen LogP contribution in [-0.2, 0) is 9.59 Å². The molecule has 14 heteroatoms. The van der Waals surface area contributed by atoms with Crippen molar-refractivity contribution in [1.29, 1.82) is 0 Å². The maximum Gasteiger partial charge on any atom is 0.306 e. The summed E-state index contributed by atoms with van der Waals surface area (Å²) in [5.41, 5.74) is 0. The molecule has 1 saturated carbocycles. The molecule has 0 atom stereocenters. The minimum absolute atomic E-state index is 0.319. The molecule has 8 nitrogen and oxygen atoms in total. The molecule has 0 aliphatic heterocycles. The summed E-state index contributed by atoms with van der Waals surface area (Å²) in [5.74, 6) is -2.22. The average Bonchev–Trinajstić information content (AvgIpc) is 3.15. The van der Waals surface area contributed by atoms with Crippen LogP contribution in [0.3, 0.4) is 0 Å². The van der Waals surface area contributed by atoms with Gasteiger partial charge in [-0.1, -0.05) is 22.7 Å². The zero-order valence-electron chi connectivity index (χ0n) is 13.1. The second-order valence-corrected chi connectivity index (χ2v) is 9.82. The van der Waals surface area contributed by atoms with E-state index in [-0.39, 0.29) is 11.8 Å². The molecule has 0 unspecified atom stereocenters. The molecule has 1 aliphatic carbocycles. The molecular weight excluding hydrogens is 457 g/mol. The van der Waals surface area contributed by atoms with Gasteiger partial charge >= 0.3 is 11.9 Å². The lowest BCUT2D eigenvalue weighted by Gasteiger charge is -2.22. The van der Waals surface area contributed by atoms with Crippen LogP contribution in [0.1, 0.15) is 25.7 Å². The summed E-state index contributed by atoms with van der Waals surface area (Å²) in [4.78, 5) is 21.0. The molecular formula is C12H16N4O4S6. The largest absolute Gasteiger partial charge is 0.481 e. The molecule has 0 saturated heterocycles. The monoisotopic (exact) mass is 472 g/mol. The number of carboxylic acids is 2. The van der Waals surface area contributed by atoms with Crippen LogP contribution in [0.5, 0.6) is 0 Å². The van der Waals surface area contributed by atoms with E-state index < -0.39 is 11.9 Å². The van der Waals surface area contributed by atoms with Crippen molar-refractivity contribution in [2.24, 2.45) is 11.8 Å². The van der Waals surface area contributed by atoms with Gasteiger partial charge in [-0.2, -0.15) is 0 Å². The fraction of sp³-hybridized carbons (Fsp3) is 0.500. The Morgan fingerprint density at radius 1 is 0.692 bits per heavy atom. The standard InChI is InChI=1S/C8H12O4.2C2H2N2S3/c9-7(10)5-1-2-6(4-3-5)8(11)12;2*5-1-3-4-2(6)7-1/h5-6H,1-4H2,(H,9,10)(H,11,12);2*(H,3,5)(H,4,6). The van der Waals surface area contributed by atoms with Crippen LogP contribution in [0, 0.1) is 11.8 Å². The summed E-state index contributed by atoms with van der Waals surface area (Å²) in [6.45, 7) is 0. The van der Waals surface area contributed by atoms with Crippen LogP contribution >= 0.6 is 73.2 Å². The van der Waals surface area contributed by atoms with E-state index in [9.17, 15) is 9.59 Å². The van der Waals surface area contributed by atoms with Crippen molar-refractivity contribution in [2.75, 3.05) is 0 Å². The third-order valence-corrected chi connectivity index (χ3v) is 5.74. The lowest BCUT2D eigenvalue weighted by Crippen LogP contribution is -2.25. The van der Waals surface area contributed by atoms with Crippen molar-refractivity contribution in [2.45, 2.75) is 43.0 Å². The van der Waals surface area contributed by atoms with E-state index in [1.54, 1.807) is 0 Å². The fourth-order valence-corrected chi connectivity index (χ4v) is 4.31. The molecule has 1 fully saturated rings. The molecule has 2 heterocycles. The first-order valence-corrected chi connectivity index (χ1v) is 10.5. The van der Waals surface area contributed by atoms with Crippen molar-refractivity contribution in [1.82, 2.24) is 20.4 Å². The second kappa shape index (κ2) is 12.0. The first-order chi connectivity index (χ1) is 12.2. The Bertz CT molecular complexity index is 623. The van der Waals surface area contributed by atoms with E-state index in [0.29, 0.717) is 43.0 Å². The van der Waals surface area contributed by atoms with Gasteiger partial charge in [0.05, 0.1) is 11.8 Å². The van der Waals surface area contributed by atoms with Gasteiger partial charge in [-0.15, -0.1) is 70.9 Å². The average molecular weight is 473 g/mol. The van der Waals surface area contributed by atoms with E-state index in [2.05, 4.69) is 70.9 Å². The van der Waals surface area contributed by atoms with Gasteiger partial charge in [-0.3, -0.25) is 9.59 Å². The molecule has 26 heavy (non-hydrogen) atoms. The van der Waals surface area contributed by atoms with Crippen LogP contribution in [0.4, 0.5) is 0 Å². The summed E-state index contributed by atoms with van der Waals surface area (Å²) < 4.78 is 2.63. The molecule has 0 radical (unpaired) electrons. The number of carbonyl (C=O) groups is 2. The van der Waals surface area contributed by atoms with E-state index in [0.717, 1.165) is 0 Å². The number of aliphatic carboxylic acids is 2. The smallest absolute Gasteiger partial charge is 0.306 e. The van der Waals surface area contributed by atoms with E-state index in [4.69, 9.17) is 10.2 Å². The van der Waals surface area contributed by atoms with Crippen molar-refractivity contribution in [3.63, 3.8) is 0 Å². The van der Waals surface area contributed by atoms with Gasteiger partial charge in [-0.05, 0) is 25.7 Å². The number of hydrogen-bond donors (Lipinski definition) is 6. The number of hydrogen-bond acceptors (Lipinski definition) is 12. The Kier molecular flexibility index (Phi) is 10.9. The highest BCUT2D eigenvalue weighted by molar-refractivity contribution is 7.85. The highest BCUT2D eigenvalue weighted by Crippen LogP contribution is 2.28. The zero-order chi connectivity index (χ0) is 19.7. The van der Waals surface area contributed by atoms with Gasteiger partial charge in [0, 0.05) is 0 Å². The van der Waals surface area contributed by atoms with E-state index in [1.165, 1.54) is 22.7 Å².